The second kappa shape index (κ2) is 7.83. The molecule has 0 amide bonds. The Balaban J connectivity index is 1.74. The van der Waals surface area contributed by atoms with Gasteiger partial charge in [0.2, 0.25) is 0 Å². The summed E-state index contributed by atoms with van der Waals surface area (Å²) in [5.74, 6) is 0.456. The smallest absolute Gasteiger partial charge is 0.134 e. The van der Waals surface area contributed by atoms with Crippen molar-refractivity contribution >= 4 is 13.7 Å². The summed E-state index contributed by atoms with van der Waals surface area (Å²) in [7, 11) is -0.217. The zero-order valence-corrected chi connectivity index (χ0v) is 15.7. The molecular formula is C23H27OP. The van der Waals surface area contributed by atoms with E-state index < -0.39 is 0 Å². The van der Waals surface area contributed by atoms with Crippen LogP contribution in [0.1, 0.15) is 67.4 Å². The molecule has 1 saturated heterocycles. The van der Waals surface area contributed by atoms with Crippen LogP contribution >= 0.6 is 7.92 Å². The molecule has 0 bridgehead atoms. The van der Waals surface area contributed by atoms with Gasteiger partial charge in [-0.05, 0) is 29.6 Å². The Morgan fingerprint density at radius 3 is 1.64 bits per heavy atom. The Hall–Kier alpha value is -1.46. The van der Waals surface area contributed by atoms with Gasteiger partial charge in [-0.3, -0.25) is 4.79 Å². The molecule has 2 unspecified atom stereocenters. The van der Waals surface area contributed by atoms with E-state index in [1.165, 1.54) is 43.2 Å². The van der Waals surface area contributed by atoms with E-state index in [0.29, 0.717) is 17.1 Å². The van der Waals surface area contributed by atoms with Gasteiger partial charge >= 0.3 is 0 Å². The lowest BCUT2D eigenvalue weighted by Crippen LogP contribution is -2.25. The van der Waals surface area contributed by atoms with Crippen molar-refractivity contribution in [3.63, 3.8) is 0 Å². The monoisotopic (exact) mass is 350 g/mol. The fourth-order valence-electron chi connectivity index (χ4n) is 4.76. The van der Waals surface area contributed by atoms with E-state index in [0.717, 1.165) is 18.5 Å². The third kappa shape index (κ3) is 3.72. The Bertz CT molecular complexity index is 639. The molecule has 2 atom stereocenters. The van der Waals surface area contributed by atoms with E-state index in [1.807, 2.05) is 0 Å². The van der Waals surface area contributed by atoms with E-state index in [2.05, 4.69) is 60.7 Å². The Morgan fingerprint density at radius 1 is 0.680 bits per heavy atom. The van der Waals surface area contributed by atoms with Gasteiger partial charge < -0.3 is 0 Å². The van der Waals surface area contributed by atoms with Crippen LogP contribution in [0.4, 0.5) is 0 Å². The van der Waals surface area contributed by atoms with E-state index in [1.54, 1.807) is 0 Å². The lowest BCUT2D eigenvalue weighted by Gasteiger charge is -2.44. The molecular weight excluding hydrogens is 323 g/mol. The molecule has 130 valence electrons. The highest BCUT2D eigenvalue weighted by molar-refractivity contribution is 7.59. The second-order valence-electron chi connectivity index (χ2n) is 7.54. The van der Waals surface area contributed by atoms with Gasteiger partial charge in [-0.25, -0.2) is 0 Å². The highest BCUT2D eigenvalue weighted by Gasteiger charge is 2.42. The highest BCUT2D eigenvalue weighted by atomic mass is 31.1. The van der Waals surface area contributed by atoms with Crippen LogP contribution in [0.3, 0.4) is 0 Å². The summed E-state index contributed by atoms with van der Waals surface area (Å²) in [6.45, 7) is 0. The van der Waals surface area contributed by atoms with Crippen molar-refractivity contribution in [3.8, 4) is 0 Å². The van der Waals surface area contributed by atoms with Crippen LogP contribution in [0.2, 0.25) is 0 Å². The van der Waals surface area contributed by atoms with Crippen molar-refractivity contribution in [3.05, 3.63) is 71.8 Å². The van der Waals surface area contributed by atoms with Gasteiger partial charge in [0.25, 0.3) is 0 Å². The van der Waals surface area contributed by atoms with Crippen molar-refractivity contribution in [2.45, 2.75) is 61.9 Å². The first-order valence-electron chi connectivity index (χ1n) is 9.72. The second-order valence-corrected chi connectivity index (χ2v) is 10.4. The average molecular weight is 350 g/mol. The molecule has 2 aliphatic rings. The maximum atomic E-state index is 12.7. The van der Waals surface area contributed by atoms with Crippen LogP contribution in [0.15, 0.2) is 60.7 Å². The fraction of sp³-hybridized carbons (Fsp3) is 0.435. The van der Waals surface area contributed by atoms with Gasteiger partial charge in [0, 0.05) is 24.2 Å². The molecule has 0 radical (unpaired) electrons. The van der Waals surface area contributed by atoms with Crippen molar-refractivity contribution in [2.75, 3.05) is 0 Å². The highest BCUT2D eigenvalue weighted by Crippen LogP contribution is 2.71. The third-order valence-electron chi connectivity index (χ3n) is 5.93. The van der Waals surface area contributed by atoms with Gasteiger partial charge in [-0.2, -0.15) is 0 Å². The summed E-state index contributed by atoms with van der Waals surface area (Å²) in [6.07, 6.45) is 8.40. The molecule has 4 rings (SSSR count). The first kappa shape index (κ1) is 17.0. The lowest BCUT2D eigenvalue weighted by atomic mass is 9.99. The van der Waals surface area contributed by atoms with Crippen LogP contribution in [0.5, 0.6) is 0 Å². The molecule has 0 N–H and O–H groups in total. The number of hydrogen-bond acceptors (Lipinski definition) is 1. The SMILES string of the molecule is O=C1CC(c2ccccc2)P(C2CCCCC2)C(c2ccccc2)C1. The lowest BCUT2D eigenvalue weighted by molar-refractivity contribution is -0.119. The van der Waals surface area contributed by atoms with Crippen molar-refractivity contribution in [2.24, 2.45) is 0 Å². The van der Waals surface area contributed by atoms with Crippen LogP contribution in [0, 0.1) is 0 Å². The number of carbonyl (C=O) groups is 1. The van der Waals surface area contributed by atoms with E-state index in [9.17, 15) is 4.79 Å². The number of hydrogen-bond donors (Lipinski definition) is 0. The third-order valence-corrected chi connectivity index (χ3v) is 9.69. The quantitative estimate of drug-likeness (QED) is 0.567. The Morgan fingerprint density at radius 2 is 1.16 bits per heavy atom. The number of benzene rings is 2. The summed E-state index contributed by atoms with van der Waals surface area (Å²) in [5.41, 5.74) is 4.52. The van der Waals surface area contributed by atoms with E-state index >= 15 is 0 Å². The molecule has 2 heteroatoms. The summed E-state index contributed by atoms with van der Waals surface area (Å²) < 4.78 is 0. The van der Waals surface area contributed by atoms with Gasteiger partial charge in [0.05, 0.1) is 0 Å². The van der Waals surface area contributed by atoms with Gasteiger partial charge in [-0.1, -0.05) is 87.8 Å². The maximum Gasteiger partial charge on any atom is 0.134 e. The molecule has 2 aromatic rings. The van der Waals surface area contributed by atoms with Crippen LogP contribution in [-0.4, -0.2) is 11.4 Å². The predicted molar refractivity (Wildman–Crippen MR) is 106 cm³/mol. The zero-order chi connectivity index (χ0) is 17.1. The molecule has 2 fully saturated rings. The normalized spacial score (nSPS) is 28.0. The molecule has 0 aromatic heterocycles. The van der Waals surface area contributed by atoms with Crippen LogP contribution in [-0.2, 0) is 4.79 Å². The molecule has 2 aromatic carbocycles. The Labute approximate surface area is 152 Å². The van der Waals surface area contributed by atoms with Crippen molar-refractivity contribution in [1.82, 2.24) is 0 Å². The standard InChI is InChI=1S/C23H27OP/c24-20-16-22(18-10-4-1-5-11-18)25(21-14-8-3-9-15-21)23(17-20)19-12-6-2-7-13-19/h1-2,4-7,10-13,21-23H,3,8-9,14-17H2. The van der Waals surface area contributed by atoms with E-state index in [-0.39, 0.29) is 7.92 Å². The van der Waals surface area contributed by atoms with Crippen LogP contribution in [0.25, 0.3) is 0 Å². The minimum atomic E-state index is -0.217. The minimum absolute atomic E-state index is 0.217. The average Bonchev–Trinajstić information content (AvgIpc) is 2.69. The molecule has 0 spiro atoms. The maximum absolute atomic E-state index is 12.7. The van der Waals surface area contributed by atoms with Gasteiger partial charge in [-0.15, -0.1) is 0 Å². The minimum Gasteiger partial charge on any atom is -0.300 e. The predicted octanol–water partition coefficient (Wildman–Crippen LogP) is 6.65. The summed E-state index contributed by atoms with van der Waals surface area (Å²) in [4.78, 5) is 12.7. The molecule has 1 saturated carbocycles. The number of carbonyl (C=O) groups excluding carboxylic acids is 1. The molecule has 25 heavy (non-hydrogen) atoms. The molecule has 1 heterocycles. The topological polar surface area (TPSA) is 17.1 Å². The number of ketones is 1. The first-order chi connectivity index (χ1) is 12.3. The first-order valence-corrected chi connectivity index (χ1v) is 11.3. The van der Waals surface area contributed by atoms with E-state index in [4.69, 9.17) is 0 Å². The van der Waals surface area contributed by atoms with Crippen molar-refractivity contribution < 1.29 is 4.79 Å². The zero-order valence-electron chi connectivity index (χ0n) is 14.8. The number of Topliss-reactive ketones (excluding diaryl/α,β-unsaturated/α-hetero) is 1. The summed E-state index contributed by atoms with van der Waals surface area (Å²) in [6, 6.07) is 21.7. The fourth-order valence-corrected chi connectivity index (χ4v) is 9.04. The number of rotatable bonds is 3. The molecule has 1 aliphatic heterocycles. The summed E-state index contributed by atoms with van der Waals surface area (Å²) >= 11 is 0. The van der Waals surface area contributed by atoms with Gasteiger partial charge in [0.1, 0.15) is 5.78 Å². The summed E-state index contributed by atoms with van der Waals surface area (Å²) in [5, 5.41) is 0. The van der Waals surface area contributed by atoms with Gasteiger partial charge in [0.15, 0.2) is 0 Å². The van der Waals surface area contributed by atoms with Crippen LogP contribution < -0.4 is 0 Å². The largest absolute Gasteiger partial charge is 0.300 e. The molecule has 1 aliphatic carbocycles. The van der Waals surface area contributed by atoms with Crippen molar-refractivity contribution in [1.29, 1.82) is 0 Å². The molecule has 1 nitrogen and oxygen atoms in total. The Kier molecular flexibility index (Phi) is 5.32.